The number of fused-ring (bicyclic) bond motifs is 1. The molecular weight excluding hydrogens is 394 g/mol. The number of carbonyl (C=O) groups excluding carboxylic acids is 1. The van der Waals surface area contributed by atoms with Crippen LogP contribution in [0.3, 0.4) is 0 Å². The summed E-state index contributed by atoms with van der Waals surface area (Å²) < 4.78 is 2.58. The molecule has 0 aliphatic carbocycles. The van der Waals surface area contributed by atoms with Gasteiger partial charge in [0.2, 0.25) is 5.91 Å². The van der Waals surface area contributed by atoms with E-state index >= 15 is 0 Å². The number of para-hydroxylation sites is 1. The molecule has 0 saturated heterocycles. The molecule has 1 amide bonds. The van der Waals surface area contributed by atoms with Gasteiger partial charge in [0.05, 0.1) is 12.1 Å². The van der Waals surface area contributed by atoms with E-state index in [1.54, 1.807) is 42.9 Å². The second-order valence-corrected chi connectivity index (χ2v) is 7.08. The highest BCUT2D eigenvalue weighted by atomic mass is 16.2. The first-order chi connectivity index (χ1) is 15.1. The quantitative estimate of drug-likeness (QED) is 0.520. The molecule has 0 saturated carbocycles. The van der Waals surface area contributed by atoms with E-state index in [1.165, 1.54) is 4.57 Å². The van der Waals surface area contributed by atoms with Crippen molar-refractivity contribution < 1.29 is 4.79 Å². The summed E-state index contributed by atoms with van der Waals surface area (Å²) in [5.41, 5.74) is 1.64. The van der Waals surface area contributed by atoms with Crippen LogP contribution in [0, 0.1) is 0 Å². The van der Waals surface area contributed by atoms with E-state index in [9.17, 15) is 14.4 Å². The molecule has 0 spiro atoms. The van der Waals surface area contributed by atoms with Crippen molar-refractivity contribution in [2.24, 2.45) is 0 Å². The van der Waals surface area contributed by atoms with E-state index in [0.29, 0.717) is 0 Å². The van der Waals surface area contributed by atoms with Crippen LogP contribution in [0.2, 0.25) is 0 Å². The van der Waals surface area contributed by atoms with Gasteiger partial charge in [-0.05, 0) is 41.8 Å². The number of nitrogens with one attached hydrogen (secondary N) is 1. The monoisotopic (exact) mass is 415 g/mol. The molecular formula is C23H21N5O3. The molecule has 0 atom stereocenters. The van der Waals surface area contributed by atoms with Gasteiger partial charge >= 0.3 is 5.69 Å². The first-order valence-electron chi connectivity index (χ1n) is 9.93. The van der Waals surface area contributed by atoms with Gasteiger partial charge in [-0.3, -0.25) is 19.1 Å². The van der Waals surface area contributed by atoms with Crippen LogP contribution >= 0.6 is 0 Å². The molecule has 0 bridgehead atoms. The zero-order valence-electron chi connectivity index (χ0n) is 17.0. The zero-order chi connectivity index (χ0) is 21.8. The van der Waals surface area contributed by atoms with Gasteiger partial charge in [0.1, 0.15) is 6.54 Å². The van der Waals surface area contributed by atoms with E-state index < -0.39 is 11.2 Å². The van der Waals surface area contributed by atoms with Gasteiger partial charge in [0, 0.05) is 24.3 Å². The van der Waals surface area contributed by atoms with E-state index in [2.05, 4.69) is 15.3 Å². The summed E-state index contributed by atoms with van der Waals surface area (Å²) in [4.78, 5) is 46.3. The smallest absolute Gasteiger partial charge is 0.324 e. The number of hydrogen-bond acceptors (Lipinski definition) is 5. The Morgan fingerprint density at radius 2 is 1.90 bits per heavy atom. The third kappa shape index (κ3) is 4.28. The lowest BCUT2D eigenvalue weighted by Crippen LogP contribution is -2.38. The number of amides is 1. The summed E-state index contributed by atoms with van der Waals surface area (Å²) in [5.74, 6) is -0.0916. The Kier molecular flexibility index (Phi) is 5.70. The Labute approximate surface area is 178 Å². The van der Waals surface area contributed by atoms with Gasteiger partial charge in [-0.15, -0.1) is 0 Å². The number of benzene rings is 1. The third-order valence-corrected chi connectivity index (χ3v) is 5.00. The molecule has 1 aromatic heterocycles. The summed E-state index contributed by atoms with van der Waals surface area (Å²) in [6.07, 6.45) is 5.63. The van der Waals surface area contributed by atoms with Crippen LogP contribution in [0.1, 0.15) is 18.1 Å². The number of aromatic nitrogens is 4. The fourth-order valence-corrected chi connectivity index (χ4v) is 3.45. The Hall–Kier alpha value is -4.07. The molecule has 8 nitrogen and oxygen atoms in total. The summed E-state index contributed by atoms with van der Waals surface area (Å²) in [6.45, 7) is 2.02. The maximum absolute atomic E-state index is 13.0. The lowest BCUT2D eigenvalue weighted by Gasteiger charge is -2.16. The van der Waals surface area contributed by atoms with Gasteiger partial charge in [-0.25, -0.2) is 4.79 Å². The molecule has 8 heteroatoms. The molecule has 1 aromatic carbocycles. The highest BCUT2D eigenvalue weighted by Crippen LogP contribution is 2.17. The predicted octanol–water partition coefficient (Wildman–Crippen LogP) is 2.15. The van der Waals surface area contributed by atoms with Gasteiger partial charge in [-0.1, -0.05) is 31.2 Å². The summed E-state index contributed by atoms with van der Waals surface area (Å²) in [7, 11) is 0. The number of nitrogens with zero attached hydrogens (tertiary/aromatic N) is 4. The number of hydrogen-bond donors (Lipinski definition) is 1. The van der Waals surface area contributed by atoms with Gasteiger partial charge < -0.3 is 9.88 Å². The zero-order valence-corrected chi connectivity index (χ0v) is 17.0. The molecule has 0 fully saturated rings. The SMILES string of the molecule is CCc1ccccc1NC(=O)Cn1cccc2c(=O)n(Cc3cccnc3)c(=O)nc1-2. The molecule has 31 heavy (non-hydrogen) atoms. The maximum atomic E-state index is 13.0. The van der Waals surface area contributed by atoms with Crippen LogP contribution in [0.4, 0.5) is 5.69 Å². The topological polar surface area (TPSA) is 98.9 Å². The molecule has 0 radical (unpaired) electrons. The van der Waals surface area contributed by atoms with Crippen LogP contribution < -0.4 is 16.6 Å². The lowest BCUT2D eigenvalue weighted by atomic mass is 10.1. The van der Waals surface area contributed by atoms with Crippen molar-refractivity contribution in [1.82, 2.24) is 19.1 Å². The summed E-state index contributed by atoms with van der Waals surface area (Å²) in [5, 5.41) is 2.89. The van der Waals surface area contributed by atoms with E-state index in [4.69, 9.17) is 0 Å². The van der Waals surface area contributed by atoms with Gasteiger partial charge in [0.25, 0.3) is 5.56 Å². The Morgan fingerprint density at radius 3 is 2.68 bits per heavy atom. The molecule has 156 valence electrons. The molecule has 3 heterocycles. The standard InChI is InChI=1S/C23H21N5O3/c1-2-17-8-3-4-10-19(17)25-20(29)15-27-12-6-9-18-21(27)26-23(31)28(22(18)30)14-16-7-5-11-24-13-16/h3-13H,2,14-15H2,1H3,(H,25,29). The summed E-state index contributed by atoms with van der Waals surface area (Å²) in [6, 6.07) is 14.4. The molecule has 1 N–H and O–H groups in total. The minimum absolute atomic E-state index is 0.0755. The van der Waals surface area contributed by atoms with Crippen molar-refractivity contribution in [3.8, 4) is 11.4 Å². The van der Waals surface area contributed by atoms with Crippen molar-refractivity contribution in [2.75, 3.05) is 5.32 Å². The number of rotatable bonds is 6. The molecule has 0 unspecified atom stereocenters. The average molecular weight is 415 g/mol. The molecule has 2 aliphatic rings. The highest BCUT2D eigenvalue weighted by molar-refractivity contribution is 5.91. The number of aryl methyl sites for hydroxylation is 1. The van der Waals surface area contributed by atoms with Crippen LogP contribution in [-0.2, 0) is 24.3 Å². The maximum Gasteiger partial charge on any atom is 0.352 e. The number of carbonyl (C=O) groups is 1. The van der Waals surface area contributed by atoms with Crippen LogP contribution in [-0.4, -0.2) is 25.0 Å². The summed E-state index contributed by atoms with van der Waals surface area (Å²) >= 11 is 0. The number of anilines is 1. The predicted molar refractivity (Wildman–Crippen MR) is 117 cm³/mol. The van der Waals surface area contributed by atoms with Crippen molar-refractivity contribution in [2.45, 2.75) is 26.4 Å². The minimum Gasteiger partial charge on any atom is -0.324 e. The second kappa shape index (κ2) is 8.74. The van der Waals surface area contributed by atoms with E-state index in [-0.39, 0.29) is 30.4 Å². The third-order valence-electron chi connectivity index (χ3n) is 5.00. The fraction of sp³-hybridized carbons (Fsp3) is 0.174. The van der Waals surface area contributed by atoms with Crippen LogP contribution in [0.15, 0.2) is 76.7 Å². The lowest BCUT2D eigenvalue weighted by molar-refractivity contribution is -0.116. The second-order valence-electron chi connectivity index (χ2n) is 7.08. The normalized spacial score (nSPS) is 10.9. The van der Waals surface area contributed by atoms with E-state index in [1.807, 2.05) is 31.2 Å². The molecule has 2 aromatic rings. The number of pyridine rings is 2. The van der Waals surface area contributed by atoms with Crippen molar-refractivity contribution >= 4 is 11.6 Å². The van der Waals surface area contributed by atoms with E-state index in [0.717, 1.165) is 27.8 Å². The minimum atomic E-state index is -0.668. The Balaban J connectivity index is 1.64. The first kappa shape index (κ1) is 20.2. The fourth-order valence-electron chi connectivity index (χ4n) is 3.45. The highest BCUT2D eigenvalue weighted by Gasteiger charge is 2.18. The van der Waals surface area contributed by atoms with Crippen LogP contribution in [0.5, 0.6) is 0 Å². The molecule has 4 rings (SSSR count). The van der Waals surface area contributed by atoms with Crippen molar-refractivity contribution in [1.29, 1.82) is 0 Å². The first-order valence-corrected chi connectivity index (χ1v) is 9.93. The molecule has 2 aliphatic heterocycles. The van der Waals surface area contributed by atoms with Crippen molar-refractivity contribution in [3.05, 3.63) is 99.1 Å². The van der Waals surface area contributed by atoms with Crippen molar-refractivity contribution in [3.63, 3.8) is 0 Å². The largest absolute Gasteiger partial charge is 0.352 e. The van der Waals surface area contributed by atoms with Gasteiger partial charge in [-0.2, -0.15) is 4.98 Å². The Morgan fingerprint density at radius 1 is 1.06 bits per heavy atom. The average Bonchev–Trinajstić information content (AvgIpc) is 2.78. The van der Waals surface area contributed by atoms with Gasteiger partial charge in [0.15, 0.2) is 5.82 Å². The van der Waals surface area contributed by atoms with Crippen LogP contribution in [0.25, 0.3) is 11.4 Å². The Bertz CT molecular complexity index is 1310.